The summed E-state index contributed by atoms with van der Waals surface area (Å²) in [5.41, 5.74) is 0.674. The van der Waals surface area contributed by atoms with Gasteiger partial charge in [0.05, 0.1) is 6.42 Å². The van der Waals surface area contributed by atoms with Gasteiger partial charge >= 0.3 is 5.97 Å². The number of nitrogens with one attached hydrogen (secondary N) is 4. The van der Waals surface area contributed by atoms with Crippen molar-refractivity contribution < 1.29 is 34.2 Å². The van der Waals surface area contributed by atoms with Gasteiger partial charge in [0.2, 0.25) is 23.6 Å². The molecule has 1 aromatic rings. The van der Waals surface area contributed by atoms with Gasteiger partial charge in [0, 0.05) is 20.4 Å². The lowest BCUT2D eigenvalue weighted by Crippen LogP contribution is -2.57. The third kappa shape index (κ3) is 10.0. The Hall–Kier alpha value is -3.63. The number of phenolic OH excluding ortho intramolecular Hbond substituents is 1. The minimum absolute atomic E-state index is 0.0182. The van der Waals surface area contributed by atoms with Crippen molar-refractivity contribution >= 4 is 29.6 Å². The van der Waals surface area contributed by atoms with Gasteiger partial charge in [-0.15, -0.1) is 0 Å². The first-order valence-corrected chi connectivity index (χ1v) is 10.5. The Morgan fingerprint density at radius 3 is 1.88 bits per heavy atom. The SMILES string of the molecule is CNC(=O)[C@H](CC(=O)O)NC(=O)[C@@H](CC(C)C)NC(=O)[C@H](Cc1ccc(O)cc1)NC(C)=O. The summed E-state index contributed by atoms with van der Waals surface area (Å²) >= 11 is 0. The third-order valence-electron chi connectivity index (χ3n) is 4.67. The van der Waals surface area contributed by atoms with Gasteiger partial charge in [-0.1, -0.05) is 26.0 Å². The molecule has 0 radical (unpaired) electrons. The topological polar surface area (TPSA) is 174 Å². The second-order valence-corrected chi connectivity index (χ2v) is 8.09. The molecule has 1 aromatic carbocycles. The van der Waals surface area contributed by atoms with E-state index in [0.717, 1.165) is 0 Å². The quantitative estimate of drug-likeness (QED) is 0.246. The molecule has 0 heterocycles. The molecule has 0 fully saturated rings. The number of hydrogen-bond acceptors (Lipinski definition) is 6. The molecule has 0 unspecified atom stereocenters. The highest BCUT2D eigenvalue weighted by molar-refractivity contribution is 5.95. The van der Waals surface area contributed by atoms with Gasteiger partial charge < -0.3 is 31.5 Å². The third-order valence-corrected chi connectivity index (χ3v) is 4.67. The fourth-order valence-corrected chi connectivity index (χ4v) is 3.13. The lowest BCUT2D eigenvalue weighted by Gasteiger charge is -2.25. The van der Waals surface area contributed by atoms with Crippen molar-refractivity contribution in [3.63, 3.8) is 0 Å². The number of carbonyl (C=O) groups is 5. The number of amides is 4. The summed E-state index contributed by atoms with van der Waals surface area (Å²) in [5, 5.41) is 28.3. The van der Waals surface area contributed by atoms with Crippen LogP contribution in [0.5, 0.6) is 5.75 Å². The lowest BCUT2D eigenvalue weighted by molar-refractivity contribution is -0.141. The van der Waals surface area contributed by atoms with Crippen LogP contribution in [0.3, 0.4) is 0 Å². The fourth-order valence-electron chi connectivity index (χ4n) is 3.13. The van der Waals surface area contributed by atoms with Crippen LogP contribution in [0.15, 0.2) is 24.3 Å². The average Bonchev–Trinajstić information content (AvgIpc) is 2.72. The Morgan fingerprint density at radius 2 is 1.39 bits per heavy atom. The number of carboxylic acid groups (broad SMARTS) is 1. The molecule has 0 aromatic heterocycles. The van der Waals surface area contributed by atoms with Crippen molar-refractivity contribution in [2.24, 2.45) is 5.92 Å². The highest BCUT2D eigenvalue weighted by Gasteiger charge is 2.30. The van der Waals surface area contributed by atoms with E-state index < -0.39 is 54.1 Å². The molecular formula is C22H32N4O7. The molecule has 1 rings (SSSR count). The summed E-state index contributed by atoms with van der Waals surface area (Å²) in [4.78, 5) is 60.5. The first-order chi connectivity index (χ1) is 15.4. The molecule has 0 aliphatic heterocycles. The van der Waals surface area contributed by atoms with Gasteiger partial charge in [-0.3, -0.25) is 24.0 Å². The normalized spacial score (nSPS) is 13.4. The van der Waals surface area contributed by atoms with Gasteiger partial charge in [-0.2, -0.15) is 0 Å². The van der Waals surface area contributed by atoms with E-state index in [-0.39, 0.29) is 24.5 Å². The van der Waals surface area contributed by atoms with Gasteiger partial charge in [0.15, 0.2) is 0 Å². The zero-order valence-corrected chi connectivity index (χ0v) is 19.2. The number of phenols is 1. The number of rotatable bonds is 12. The predicted molar refractivity (Wildman–Crippen MR) is 119 cm³/mol. The summed E-state index contributed by atoms with van der Waals surface area (Å²) in [6.07, 6.45) is -0.290. The summed E-state index contributed by atoms with van der Waals surface area (Å²) in [7, 11) is 1.32. The standard InChI is InChI=1S/C22H32N4O7/c1-12(2)9-16(21(32)26-18(11-19(29)30)20(31)23-4)25-22(33)17(24-13(3)27)10-14-5-7-15(28)8-6-14/h5-8,12,16-18,28H,9-11H2,1-4H3,(H,23,31)(H,24,27)(H,25,33)(H,26,32)(H,29,30)/t16-,17+,18+/m1/s1. The zero-order chi connectivity index (χ0) is 25.1. The molecule has 0 saturated heterocycles. The minimum atomic E-state index is -1.31. The zero-order valence-electron chi connectivity index (χ0n) is 19.2. The van der Waals surface area contributed by atoms with Gasteiger partial charge in [0.1, 0.15) is 23.9 Å². The van der Waals surface area contributed by atoms with Crippen LogP contribution in [0.4, 0.5) is 0 Å². The first-order valence-electron chi connectivity index (χ1n) is 10.5. The molecule has 3 atom stereocenters. The van der Waals surface area contributed by atoms with Crippen molar-refractivity contribution in [3.05, 3.63) is 29.8 Å². The van der Waals surface area contributed by atoms with Crippen LogP contribution >= 0.6 is 0 Å². The smallest absolute Gasteiger partial charge is 0.305 e. The molecule has 33 heavy (non-hydrogen) atoms. The van der Waals surface area contributed by atoms with Crippen LogP contribution in [0, 0.1) is 5.92 Å². The maximum atomic E-state index is 13.0. The summed E-state index contributed by atoms with van der Waals surface area (Å²) in [6.45, 7) is 4.93. The largest absolute Gasteiger partial charge is 0.508 e. The molecule has 0 aliphatic rings. The van der Waals surface area contributed by atoms with Crippen LogP contribution in [0.2, 0.25) is 0 Å². The molecule has 0 aliphatic carbocycles. The van der Waals surface area contributed by atoms with Crippen LogP contribution < -0.4 is 21.3 Å². The van der Waals surface area contributed by atoms with Crippen molar-refractivity contribution in [1.82, 2.24) is 21.3 Å². The molecule has 0 bridgehead atoms. The number of carbonyl (C=O) groups excluding carboxylic acids is 4. The maximum Gasteiger partial charge on any atom is 0.305 e. The van der Waals surface area contributed by atoms with E-state index in [1.807, 2.05) is 13.8 Å². The van der Waals surface area contributed by atoms with Crippen molar-refractivity contribution in [2.75, 3.05) is 7.05 Å². The van der Waals surface area contributed by atoms with Gasteiger partial charge in [-0.05, 0) is 30.0 Å². The molecule has 0 saturated carbocycles. The highest BCUT2D eigenvalue weighted by atomic mass is 16.4. The number of aliphatic carboxylic acids is 1. The molecule has 182 valence electrons. The number of likely N-dealkylation sites (N-methyl/N-ethyl adjacent to an activating group) is 1. The second kappa shape index (κ2) is 13.0. The number of hydrogen-bond donors (Lipinski definition) is 6. The second-order valence-electron chi connectivity index (χ2n) is 8.09. The number of aromatic hydroxyl groups is 1. The molecule has 0 spiro atoms. The van der Waals surface area contributed by atoms with Crippen LogP contribution in [0.1, 0.15) is 39.2 Å². The summed E-state index contributed by atoms with van der Waals surface area (Å²) in [6, 6.07) is 2.75. The predicted octanol–water partition coefficient (Wildman–Crippen LogP) is -0.324. The van der Waals surface area contributed by atoms with Crippen molar-refractivity contribution in [2.45, 2.75) is 58.2 Å². The van der Waals surface area contributed by atoms with Gasteiger partial charge in [0.25, 0.3) is 0 Å². The van der Waals surface area contributed by atoms with E-state index in [1.54, 1.807) is 12.1 Å². The molecule has 4 amide bonds. The Labute approximate surface area is 192 Å². The maximum absolute atomic E-state index is 13.0. The molecule has 11 nitrogen and oxygen atoms in total. The van der Waals surface area contributed by atoms with Crippen LogP contribution in [0.25, 0.3) is 0 Å². The van der Waals surface area contributed by atoms with Gasteiger partial charge in [-0.25, -0.2) is 0 Å². The van der Waals surface area contributed by atoms with Crippen LogP contribution in [-0.4, -0.2) is 65.0 Å². The highest BCUT2D eigenvalue weighted by Crippen LogP contribution is 2.12. The van der Waals surface area contributed by atoms with E-state index in [2.05, 4.69) is 21.3 Å². The van der Waals surface area contributed by atoms with E-state index in [9.17, 15) is 29.1 Å². The van der Waals surface area contributed by atoms with E-state index >= 15 is 0 Å². The van der Waals surface area contributed by atoms with E-state index in [0.29, 0.717) is 5.56 Å². The molecular weight excluding hydrogens is 432 g/mol. The Bertz CT molecular complexity index is 855. The minimum Gasteiger partial charge on any atom is -0.508 e. The van der Waals surface area contributed by atoms with E-state index in [4.69, 9.17) is 5.11 Å². The lowest BCUT2D eigenvalue weighted by atomic mass is 10.0. The van der Waals surface area contributed by atoms with Crippen molar-refractivity contribution in [3.8, 4) is 5.75 Å². The summed E-state index contributed by atoms with van der Waals surface area (Å²) < 4.78 is 0. The Morgan fingerprint density at radius 1 is 0.848 bits per heavy atom. The fraction of sp³-hybridized carbons (Fsp3) is 0.500. The van der Waals surface area contributed by atoms with Crippen molar-refractivity contribution in [1.29, 1.82) is 0 Å². The monoisotopic (exact) mass is 464 g/mol. The molecule has 11 heteroatoms. The summed E-state index contributed by atoms with van der Waals surface area (Å²) in [5.74, 6) is -3.68. The Kier molecular flexibility index (Phi) is 10.8. The van der Waals surface area contributed by atoms with E-state index in [1.165, 1.54) is 26.1 Å². The van der Waals surface area contributed by atoms with Crippen LogP contribution in [-0.2, 0) is 30.4 Å². The number of carboxylic acids is 1. The average molecular weight is 465 g/mol. The first kappa shape index (κ1) is 27.4. The Balaban J connectivity index is 3.03. The molecule has 6 N–H and O–H groups in total. The number of benzene rings is 1.